The van der Waals surface area contributed by atoms with Crippen molar-refractivity contribution >= 4 is 47.0 Å². The molecule has 14 nitrogen and oxygen atoms in total. The molecule has 0 spiro atoms. The Morgan fingerprint density at radius 1 is 1.12 bits per heavy atom. The van der Waals surface area contributed by atoms with Gasteiger partial charge in [-0.05, 0) is 50.6 Å². The van der Waals surface area contributed by atoms with Crippen molar-refractivity contribution in [3.63, 3.8) is 0 Å². The molecular formula is C35H57N5O9S. The third kappa shape index (κ3) is 13.6. The van der Waals surface area contributed by atoms with E-state index in [9.17, 15) is 28.8 Å². The average Bonchev–Trinajstić information content (AvgIpc) is 3.54. The number of rotatable bonds is 20. The summed E-state index contributed by atoms with van der Waals surface area (Å²) in [6.07, 6.45) is 2.65. The number of carbonyl (C=O) groups excluding carboxylic acids is 5. The van der Waals surface area contributed by atoms with Crippen molar-refractivity contribution < 1.29 is 43.3 Å². The van der Waals surface area contributed by atoms with E-state index >= 15 is 0 Å². The number of nitrogens with zero attached hydrogens (tertiary/aromatic N) is 3. The molecule has 0 radical (unpaired) electrons. The first-order valence-corrected chi connectivity index (χ1v) is 18.5. The van der Waals surface area contributed by atoms with Gasteiger partial charge in [-0.3, -0.25) is 33.7 Å². The molecular weight excluding hydrogens is 666 g/mol. The van der Waals surface area contributed by atoms with Crippen LogP contribution in [0.15, 0.2) is 5.38 Å². The van der Waals surface area contributed by atoms with Crippen LogP contribution >= 0.6 is 11.3 Å². The Morgan fingerprint density at radius 2 is 1.82 bits per heavy atom. The van der Waals surface area contributed by atoms with Crippen LogP contribution in [0, 0.1) is 17.8 Å². The fourth-order valence-corrected chi connectivity index (χ4v) is 6.66. The van der Waals surface area contributed by atoms with Crippen LogP contribution < -0.4 is 10.6 Å². The first kappa shape index (κ1) is 42.6. The lowest BCUT2D eigenvalue weighted by Gasteiger charge is -2.39. The summed E-state index contributed by atoms with van der Waals surface area (Å²) in [5.74, 6) is -3.59. The maximum atomic E-state index is 14.6. The fourth-order valence-electron chi connectivity index (χ4n) is 5.82. The molecule has 5 atom stereocenters. The van der Waals surface area contributed by atoms with Gasteiger partial charge in [0.15, 0.2) is 12.8 Å². The van der Waals surface area contributed by atoms with Gasteiger partial charge in [0.25, 0.3) is 5.91 Å². The molecule has 1 aliphatic heterocycles. The highest BCUT2D eigenvalue weighted by Crippen LogP contribution is 2.32. The maximum Gasteiger partial charge on any atom is 0.307 e. The molecule has 1 fully saturated rings. The standard InChI is InChI=1S/C35H57N5O9S/c1-9-23(6)31(38-33(46)26-13-10-11-16-39(26)8)35(47)40(20-48-30(44)17-21(2)3)27(22(4)5)18-28(49-24(7)41)34-37-25(19-50-34)32(45)36-15-12-14-29(42)43/h19,21-23,26-28,31H,9-18,20H2,1-8H3,(H,36,45)(H,38,46)(H,42,43). The number of piperidine rings is 1. The van der Waals surface area contributed by atoms with Crippen molar-refractivity contribution in [1.82, 2.24) is 25.4 Å². The van der Waals surface area contributed by atoms with Gasteiger partial charge in [0.05, 0.1) is 6.04 Å². The summed E-state index contributed by atoms with van der Waals surface area (Å²) in [5.41, 5.74) is 0.0846. The zero-order chi connectivity index (χ0) is 37.5. The number of carboxylic acids is 1. The van der Waals surface area contributed by atoms with Crippen LogP contribution in [0.3, 0.4) is 0 Å². The van der Waals surface area contributed by atoms with Gasteiger partial charge in [-0.15, -0.1) is 11.3 Å². The Bertz CT molecular complexity index is 1300. The zero-order valence-corrected chi connectivity index (χ0v) is 31.7. The number of likely N-dealkylation sites (tertiary alicyclic amines) is 1. The summed E-state index contributed by atoms with van der Waals surface area (Å²) in [6, 6.07) is -1.91. The number of carboxylic acid groups (broad SMARTS) is 1. The van der Waals surface area contributed by atoms with Crippen LogP contribution in [0.5, 0.6) is 0 Å². The van der Waals surface area contributed by atoms with Crippen LogP contribution in [-0.4, -0.2) is 101 Å². The molecule has 3 amide bonds. The lowest BCUT2D eigenvalue weighted by molar-refractivity contribution is -0.161. The zero-order valence-electron chi connectivity index (χ0n) is 30.9. The second kappa shape index (κ2) is 20.9. The summed E-state index contributed by atoms with van der Waals surface area (Å²) in [5, 5.41) is 16.4. The first-order chi connectivity index (χ1) is 23.5. The highest BCUT2D eigenvalue weighted by atomic mass is 32.1. The molecule has 1 saturated heterocycles. The lowest BCUT2D eigenvalue weighted by atomic mass is 9.92. The Kier molecular flexibility index (Phi) is 17.8. The van der Waals surface area contributed by atoms with Crippen molar-refractivity contribution in [2.75, 3.05) is 26.9 Å². The molecule has 15 heteroatoms. The largest absolute Gasteiger partial charge is 0.481 e. The number of carbonyl (C=O) groups is 6. The van der Waals surface area contributed by atoms with Gasteiger partial charge in [-0.1, -0.05) is 54.4 Å². The average molecular weight is 724 g/mol. The minimum absolute atomic E-state index is 0.0361. The SMILES string of the molecule is CCC(C)C(NC(=O)C1CCCCN1C)C(=O)N(COC(=O)CC(C)C)C(CC(OC(C)=O)c1nc(C(=O)NCCCC(=O)O)cs1)C(C)C. The summed E-state index contributed by atoms with van der Waals surface area (Å²) in [7, 11) is 1.90. The molecule has 50 heavy (non-hydrogen) atoms. The third-order valence-corrected chi connectivity index (χ3v) is 9.83. The maximum absolute atomic E-state index is 14.6. The van der Waals surface area contributed by atoms with E-state index in [-0.39, 0.29) is 74.4 Å². The van der Waals surface area contributed by atoms with Crippen molar-refractivity contribution in [1.29, 1.82) is 0 Å². The number of likely N-dealkylation sites (N-methyl/N-ethyl adjacent to an activating group) is 1. The number of aromatic nitrogens is 1. The molecule has 1 aromatic rings. The molecule has 282 valence electrons. The summed E-state index contributed by atoms with van der Waals surface area (Å²) in [4.78, 5) is 84.7. The molecule has 0 saturated carbocycles. The first-order valence-electron chi connectivity index (χ1n) is 17.6. The molecule has 3 N–H and O–H groups in total. The molecule has 1 aliphatic rings. The Balaban J connectivity index is 2.45. The third-order valence-electron chi connectivity index (χ3n) is 8.89. The van der Waals surface area contributed by atoms with E-state index in [1.165, 1.54) is 17.2 Å². The van der Waals surface area contributed by atoms with E-state index in [1.54, 1.807) is 0 Å². The molecule has 0 bridgehead atoms. The monoisotopic (exact) mass is 723 g/mol. The Morgan fingerprint density at radius 3 is 2.40 bits per heavy atom. The van der Waals surface area contributed by atoms with Gasteiger partial charge < -0.3 is 30.1 Å². The molecule has 0 aliphatic carbocycles. The van der Waals surface area contributed by atoms with E-state index in [4.69, 9.17) is 14.6 Å². The van der Waals surface area contributed by atoms with Crippen LogP contribution in [0.25, 0.3) is 0 Å². The normalized spacial score (nSPS) is 17.4. The van der Waals surface area contributed by atoms with E-state index in [2.05, 4.69) is 15.6 Å². The van der Waals surface area contributed by atoms with Gasteiger partial charge in [0, 0.05) is 44.2 Å². The van der Waals surface area contributed by atoms with Crippen LogP contribution in [0.1, 0.15) is 121 Å². The quantitative estimate of drug-likeness (QED) is 0.0998. The van der Waals surface area contributed by atoms with Gasteiger partial charge in [0.1, 0.15) is 16.7 Å². The van der Waals surface area contributed by atoms with E-state index in [1.807, 2.05) is 53.5 Å². The number of amides is 3. The number of nitrogens with one attached hydrogen (secondary N) is 2. The molecule has 2 heterocycles. The fraction of sp³-hybridized carbons (Fsp3) is 0.743. The summed E-state index contributed by atoms with van der Waals surface area (Å²) in [6.45, 7) is 13.2. The summed E-state index contributed by atoms with van der Waals surface area (Å²) < 4.78 is 11.4. The number of esters is 2. The Labute approximate surface area is 300 Å². The van der Waals surface area contributed by atoms with Gasteiger partial charge in [-0.25, -0.2) is 4.98 Å². The predicted molar refractivity (Wildman–Crippen MR) is 188 cm³/mol. The molecule has 0 aromatic carbocycles. The number of ether oxygens (including phenoxy) is 2. The number of thiazole rings is 1. The number of hydrogen-bond donors (Lipinski definition) is 3. The lowest BCUT2D eigenvalue weighted by Crippen LogP contribution is -2.59. The minimum Gasteiger partial charge on any atom is -0.481 e. The Hall–Kier alpha value is -3.59. The van der Waals surface area contributed by atoms with Crippen LogP contribution in [0.4, 0.5) is 0 Å². The summed E-state index contributed by atoms with van der Waals surface area (Å²) >= 11 is 1.12. The minimum atomic E-state index is -0.962. The topological polar surface area (TPSA) is 185 Å². The highest BCUT2D eigenvalue weighted by molar-refractivity contribution is 7.09. The van der Waals surface area contributed by atoms with Gasteiger partial charge in [0.2, 0.25) is 11.8 Å². The highest BCUT2D eigenvalue weighted by Gasteiger charge is 2.39. The van der Waals surface area contributed by atoms with Crippen LogP contribution in [0.2, 0.25) is 0 Å². The predicted octanol–water partition coefficient (Wildman–Crippen LogP) is 4.15. The molecule has 1 aromatic heterocycles. The number of hydrogen-bond acceptors (Lipinski definition) is 11. The second-order valence-corrected chi connectivity index (χ2v) is 14.8. The van der Waals surface area contributed by atoms with E-state index in [0.29, 0.717) is 17.8 Å². The van der Waals surface area contributed by atoms with Crippen molar-refractivity contribution in [3.05, 3.63) is 16.1 Å². The van der Waals surface area contributed by atoms with E-state index < -0.39 is 47.9 Å². The van der Waals surface area contributed by atoms with Gasteiger partial charge in [-0.2, -0.15) is 0 Å². The molecule has 5 unspecified atom stereocenters. The van der Waals surface area contributed by atoms with Crippen molar-refractivity contribution in [2.45, 2.75) is 124 Å². The number of aliphatic carboxylic acids is 1. The van der Waals surface area contributed by atoms with Crippen molar-refractivity contribution in [3.8, 4) is 0 Å². The van der Waals surface area contributed by atoms with Gasteiger partial charge >= 0.3 is 17.9 Å². The molecule has 2 rings (SSSR count). The smallest absolute Gasteiger partial charge is 0.307 e. The van der Waals surface area contributed by atoms with Crippen LogP contribution in [-0.2, 0) is 33.4 Å². The van der Waals surface area contributed by atoms with E-state index in [0.717, 1.165) is 30.7 Å². The van der Waals surface area contributed by atoms with Crippen molar-refractivity contribution in [2.24, 2.45) is 17.8 Å². The second-order valence-electron chi connectivity index (χ2n) is 13.9.